The summed E-state index contributed by atoms with van der Waals surface area (Å²) in [5, 5.41) is 1.22. The minimum absolute atomic E-state index is 0.801. The van der Waals surface area contributed by atoms with Crippen molar-refractivity contribution >= 4 is 27.5 Å². The number of para-hydroxylation sites is 3. The van der Waals surface area contributed by atoms with Gasteiger partial charge in [-0.3, -0.25) is 0 Å². The van der Waals surface area contributed by atoms with Crippen LogP contribution in [0.1, 0.15) is 16.8 Å². The van der Waals surface area contributed by atoms with Gasteiger partial charge in [0.25, 0.3) is 0 Å². The molecule has 3 heterocycles. The number of benzene rings is 3. The number of allylic oxidation sites excluding steroid dienone is 1. The zero-order valence-corrected chi connectivity index (χ0v) is 15.6. The van der Waals surface area contributed by atoms with E-state index in [9.17, 15) is 0 Å². The molecule has 0 spiro atoms. The molecule has 134 valence electrons. The molecule has 3 nitrogen and oxygen atoms in total. The van der Waals surface area contributed by atoms with E-state index >= 15 is 0 Å². The molecule has 1 aliphatic rings. The fourth-order valence-electron chi connectivity index (χ4n) is 4.31. The van der Waals surface area contributed by atoms with Gasteiger partial charge in [-0.15, -0.1) is 0 Å². The lowest BCUT2D eigenvalue weighted by Gasteiger charge is -2.07. The highest BCUT2D eigenvalue weighted by Crippen LogP contribution is 2.41. The van der Waals surface area contributed by atoms with Gasteiger partial charge < -0.3 is 9.55 Å². The SMILES string of the molecule is Cc1ccc(C2=CCn3c(nc4ccccc43)-c3c2[nH]c2ccccc32)cc1. The minimum Gasteiger partial charge on any atom is -0.354 e. The number of nitrogens with zero attached hydrogens (tertiary/aromatic N) is 2. The number of H-pyrrole nitrogens is 1. The largest absolute Gasteiger partial charge is 0.354 e. The number of imidazole rings is 1. The molecule has 0 fully saturated rings. The normalized spacial score (nSPS) is 13.2. The van der Waals surface area contributed by atoms with Gasteiger partial charge in [-0.25, -0.2) is 4.98 Å². The van der Waals surface area contributed by atoms with Crippen LogP contribution in [0.5, 0.6) is 0 Å². The Morgan fingerprint density at radius 2 is 1.68 bits per heavy atom. The molecule has 28 heavy (non-hydrogen) atoms. The highest BCUT2D eigenvalue weighted by Gasteiger charge is 2.25. The van der Waals surface area contributed by atoms with Gasteiger partial charge in [0.05, 0.1) is 22.3 Å². The van der Waals surface area contributed by atoms with Gasteiger partial charge in [-0.05, 0) is 30.7 Å². The van der Waals surface area contributed by atoms with Crippen LogP contribution in [0.2, 0.25) is 0 Å². The van der Waals surface area contributed by atoms with E-state index in [0.29, 0.717) is 0 Å². The third-order valence-electron chi connectivity index (χ3n) is 5.69. The first-order valence-corrected chi connectivity index (χ1v) is 9.63. The van der Waals surface area contributed by atoms with Gasteiger partial charge in [0, 0.05) is 23.0 Å². The first-order valence-electron chi connectivity index (χ1n) is 9.63. The monoisotopic (exact) mass is 361 g/mol. The van der Waals surface area contributed by atoms with Crippen molar-refractivity contribution < 1.29 is 0 Å². The Kier molecular flexibility index (Phi) is 3.15. The Bertz CT molecular complexity index is 1380. The van der Waals surface area contributed by atoms with E-state index in [1.807, 2.05) is 0 Å². The molecule has 0 unspecified atom stereocenters. The molecule has 1 N–H and O–H groups in total. The summed E-state index contributed by atoms with van der Waals surface area (Å²) in [4.78, 5) is 8.71. The van der Waals surface area contributed by atoms with Gasteiger partial charge in [0.2, 0.25) is 0 Å². The quantitative estimate of drug-likeness (QED) is 0.394. The second-order valence-electron chi connectivity index (χ2n) is 7.44. The fraction of sp³-hybridized carbons (Fsp3) is 0.0800. The van der Waals surface area contributed by atoms with E-state index in [-0.39, 0.29) is 0 Å². The highest BCUT2D eigenvalue weighted by molar-refractivity contribution is 6.04. The smallest absolute Gasteiger partial charge is 0.144 e. The second-order valence-corrected chi connectivity index (χ2v) is 7.44. The molecule has 0 aliphatic carbocycles. The van der Waals surface area contributed by atoms with Gasteiger partial charge in [0.1, 0.15) is 5.82 Å². The summed E-state index contributed by atoms with van der Waals surface area (Å²) in [7, 11) is 0. The van der Waals surface area contributed by atoms with Gasteiger partial charge in [-0.1, -0.05) is 66.2 Å². The molecule has 6 rings (SSSR count). The molecule has 0 saturated carbocycles. The molecule has 3 heteroatoms. The third kappa shape index (κ3) is 2.13. The van der Waals surface area contributed by atoms with E-state index in [0.717, 1.165) is 29.1 Å². The second kappa shape index (κ2) is 5.70. The van der Waals surface area contributed by atoms with Crippen molar-refractivity contribution in [3.63, 3.8) is 0 Å². The maximum Gasteiger partial charge on any atom is 0.144 e. The van der Waals surface area contributed by atoms with Crippen LogP contribution in [-0.2, 0) is 6.54 Å². The van der Waals surface area contributed by atoms with Crippen molar-refractivity contribution in [1.82, 2.24) is 14.5 Å². The van der Waals surface area contributed by atoms with Crippen molar-refractivity contribution in [1.29, 1.82) is 0 Å². The maximum absolute atomic E-state index is 5.03. The number of aromatic nitrogens is 3. The lowest BCUT2D eigenvalue weighted by atomic mass is 9.98. The predicted octanol–water partition coefficient (Wildman–Crippen LogP) is 5.94. The van der Waals surface area contributed by atoms with Crippen LogP contribution in [0.3, 0.4) is 0 Å². The van der Waals surface area contributed by atoms with Gasteiger partial charge in [-0.2, -0.15) is 0 Å². The Labute approximate surface area is 163 Å². The standard InChI is InChI=1S/C25H19N3/c1-16-10-12-17(13-11-16)18-14-15-28-22-9-5-4-8-21(22)27-25(28)23-19-6-2-3-7-20(19)26-24(18)23/h2-14,26H,15H2,1H3. The van der Waals surface area contributed by atoms with E-state index in [2.05, 4.69) is 95.3 Å². The van der Waals surface area contributed by atoms with Crippen LogP contribution in [0.15, 0.2) is 78.9 Å². The molecule has 0 radical (unpaired) electrons. The zero-order valence-electron chi connectivity index (χ0n) is 15.6. The van der Waals surface area contributed by atoms with E-state index in [4.69, 9.17) is 4.98 Å². The summed E-state index contributed by atoms with van der Waals surface area (Å²) in [6.45, 7) is 2.93. The van der Waals surface area contributed by atoms with Gasteiger partial charge >= 0.3 is 0 Å². The summed E-state index contributed by atoms with van der Waals surface area (Å²) >= 11 is 0. The van der Waals surface area contributed by atoms with Gasteiger partial charge in [0.15, 0.2) is 0 Å². The molecule has 0 atom stereocenters. The predicted molar refractivity (Wildman–Crippen MR) is 115 cm³/mol. The van der Waals surface area contributed by atoms with Crippen molar-refractivity contribution in [3.05, 3.63) is 95.7 Å². The average Bonchev–Trinajstić information content (AvgIpc) is 3.23. The van der Waals surface area contributed by atoms with Crippen LogP contribution in [0, 0.1) is 6.92 Å². The summed E-state index contributed by atoms with van der Waals surface area (Å²) in [6, 6.07) is 25.7. The maximum atomic E-state index is 5.03. The van der Waals surface area contributed by atoms with Crippen LogP contribution < -0.4 is 0 Å². The molecule has 3 aromatic carbocycles. The van der Waals surface area contributed by atoms with E-state index in [1.54, 1.807) is 0 Å². The van der Waals surface area contributed by atoms with Crippen molar-refractivity contribution in [2.24, 2.45) is 0 Å². The summed E-state index contributed by atoms with van der Waals surface area (Å²) in [5.41, 5.74) is 9.44. The number of rotatable bonds is 1. The zero-order chi connectivity index (χ0) is 18.7. The third-order valence-corrected chi connectivity index (χ3v) is 5.69. The molecular weight excluding hydrogens is 342 g/mol. The van der Waals surface area contributed by atoms with Crippen molar-refractivity contribution in [3.8, 4) is 11.4 Å². The first-order chi connectivity index (χ1) is 13.8. The summed E-state index contributed by atoms with van der Waals surface area (Å²) in [6.07, 6.45) is 2.32. The summed E-state index contributed by atoms with van der Waals surface area (Å²) in [5.74, 6) is 1.03. The Balaban J connectivity index is 1.72. The Morgan fingerprint density at radius 1 is 0.893 bits per heavy atom. The van der Waals surface area contributed by atoms with Crippen LogP contribution in [-0.4, -0.2) is 14.5 Å². The number of aromatic amines is 1. The Morgan fingerprint density at radius 3 is 2.57 bits per heavy atom. The minimum atomic E-state index is 0.801. The average molecular weight is 361 g/mol. The molecule has 1 aliphatic heterocycles. The van der Waals surface area contributed by atoms with E-state index in [1.165, 1.54) is 33.2 Å². The molecule has 0 amide bonds. The summed E-state index contributed by atoms with van der Waals surface area (Å²) < 4.78 is 2.33. The number of aryl methyl sites for hydroxylation is 1. The van der Waals surface area contributed by atoms with Crippen LogP contribution >= 0.6 is 0 Å². The molecule has 5 aromatic rings. The number of nitrogens with one attached hydrogen (secondary N) is 1. The van der Waals surface area contributed by atoms with Crippen molar-refractivity contribution in [2.75, 3.05) is 0 Å². The molecular formula is C25H19N3. The van der Waals surface area contributed by atoms with Crippen LogP contribution in [0.25, 0.3) is 38.9 Å². The number of fused-ring (bicyclic) bond motifs is 7. The Hall–Kier alpha value is -3.59. The molecule has 0 bridgehead atoms. The lowest BCUT2D eigenvalue weighted by Crippen LogP contribution is -1.96. The molecule has 2 aromatic heterocycles. The topological polar surface area (TPSA) is 33.6 Å². The molecule has 0 saturated heterocycles. The number of hydrogen-bond acceptors (Lipinski definition) is 1. The van der Waals surface area contributed by atoms with E-state index < -0.39 is 0 Å². The van der Waals surface area contributed by atoms with Crippen LogP contribution in [0.4, 0.5) is 0 Å². The van der Waals surface area contributed by atoms with Crippen molar-refractivity contribution in [2.45, 2.75) is 13.5 Å². The first kappa shape index (κ1) is 15.5. The lowest BCUT2D eigenvalue weighted by molar-refractivity contribution is 0.866. The highest BCUT2D eigenvalue weighted by atomic mass is 15.1. The number of hydrogen-bond donors (Lipinski definition) is 1. The fourth-order valence-corrected chi connectivity index (χ4v) is 4.31.